The lowest BCUT2D eigenvalue weighted by Crippen LogP contribution is -2.45. The van der Waals surface area contributed by atoms with Gasteiger partial charge in [0.2, 0.25) is 0 Å². The van der Waals surface area contributed by atoms with E-state index in [1.165, 1.54) is 16.3 Å². The van der Waals surface area contributed by atoms with Gasteiger partial charge in [-0.15, -0.1) is 0 Å². The van der Waals surface area contributed by atoms with Crippen LogP contribution in [0.2, 0.25) is 0 Å². The number of methoxy groups -OCH3 is 1. The maximum atomic E-state index is 5.60. The monoisotopic (exact) mass is 285 g/mol. The molecule has 3 heteroatoms. The molecular weight excluding hydrogens is 262 g/mol. The third-order valence-electron chi connectivity index (χ3n) is 4.27. The fourth-order valence-corrected chi connectivity index (χ4v) is 3.02. The Labute approximate surface area is 126 Å². The van der Waals surface area contributed by atoms with Crippen LogP contribution in [0.3, 0.4) is 0 Å². The van der Waals surface area contributed by atoms with Crippen molar-refractivity contribution in [2.24, 2.45) is 0 Å². The first kappa shape index (κ1) is 14.4. The highest BCUT2D eigenvalue weighted by Crippen LogP contribution is 2.29. The van der Waals surface area contributed by atoms with Crippen LogP contribution >= 0.6 is 0 Å². The second-order valence-corrected chi connectivity index (χ2v) is 5.60. The van der Waals surface area contributed by atoms with Crippen molar-refractivity contribution in [1.82, 2.24) is 5.32 Å². The largest absolute Gasteiger partial charge is 0.496 e. The Bertz CT molecular complexity index is 605. The van der Waals surface area contributed by atoms with E-state index in [0.717, 1.165) is 31.7 Å². The van der Waals surface area contributed by atoms with E-state index in [4.69, 9.17) is 9.47 Å². The summed E-state index contributed by atoms with van der Waals surface area (Å²) in [5, 5.41) is 6.08. The Balaban J connectivity index is 1.68. The molecule has 1 fully saturated rings. The lowest BCUT2D eigenvalue weighted by molar-refractivity contribution is -0.0102. The Morgan fingerprint density at radius 1 is 1.10 bits per heavy atom. The summed E-state index contributed by atoms with van der Waals surface area (Å²) >= 11 is 0. The molecule has 0 amide bonds. The molecule has 0 saturated heterocycles. The first-order valence-electron chi connectivity index (χ1n) is 7.71. The van der Waals surface area contributed by atoms with Crippen LogP contribution in [0.25, 0.3) is 10.8 Å². The van der Waals surface area contributed by atoms with Crippen molar-refractivity contribution in [2.45, 2.75) is 38.5 Å². The fourth-order valence-electron chi connectivity index (χ4n) is 3.02. The van der Waals surface area contributed by atoms with Crippen LogP contribution in [0.1, 0.15) is 25.3 Å². The van der Waals surface area contributed by atoms with Crippen LogP contribution in [-0.4, -0.2) is 25.9 Å². The Kier molecular flexibility index (Phi) is 4.42. The van der Waals surface area contributed by atoms with E-state index in [1.54, 1.807) is 7.11 Å². The normalized spacial score (nSPS) is 21.2. The lowest BCUT2D eigenvalue weighted by Gasteiger charge is -2.35. The molecule has 0 aliphatic heterocycles. The minimum absolute atomic E-state index is 0.458. The highest BCUT2D eigenvalue weighted by atomic mass is 16.5. The molecule has 0 heterocycles. The SMILES string of the molecule is CCOC1CC(NCc2ccc(OC)c3ccccc23)C1. The molecule has 2 aromatic carbocycles. The molecule has 3 nitrogen and oxygen atoms in total. The standard InChI is InChI=1S/C18H23NO2/c1-3-21-15-10-14(11-15)19-12-13-8-9-18(20-2)17-7-5-4-6-16(13)17/h4-9,14-15,19H,3,10-12H2,1-2H3. The molecule has 0 aromatic heterocycles. The number of benzene rings is 2. The summed E-state index contributed by atoms with van der Waals surface area (Å²) in [5.41, 5.74) is 1.33. The molecule has 2 aromatic rings. The summed E-state index contributed by atoms with van der Waals surface area (Å²) in [4.78, 5) is 0. The summed E-state index contributed by atoms with van der Waals surface area (Å²) in [6.45, 7) is 3.78. The Morgan fingerprint density at radius 2 is 1.86 bits per heavy atom. The number of nitrogens with one attached hydrogen (secondary N) is 1. The van der Waals surface area contributed by atoms with E-state index < -0.39 is 0 Å². The molecule has 0 bridgehead atoms. The van der Waals surface area contributed by atoms with Gasteiger partial charge in [0.05, 0.1) is 13.2 Å². The average Bonchev–Trinajstić information content (AvgIpc) is 2.49. The molecule has 0 atom stereocenters. The third-order valence-corrected chi connectivity index (χ3v) is 4.27. The van der Waals surface area contributed by atoms with Crippen molar-refractivity contribution in [3.8, 4) is 5.75 Å². The van der Waals surface area contributed by atoms with Gasteiger partial charge < -0.3 is 14.8 Å². The maximum Gasteiger partial charge on any atom is 0.126 e. The van der Waals surface area contributed by atoms with Crippen molar-refractivity contribution in [3.05, 3.63) is 42.0 Å². The molecule has 0 unspecified atom stereocenters. The van der Waals surface area contributed by atoms with Gasteiger partial charge in [0, 0.05) is 24.6 Å². The highest BCUT2D eigenvalue weighted by molar-refractivity contribution is 5.91. The van der Waals surface area contributed by atoms with Crippen LogP contribution in [0.15, 0.2) is 36.4 Å². The van der Waals surface area contributed by atoms with E-state index in [2.05, 4.69) is 48.6 Å². The van der Waals surface area contributed by atoms with Gasteiger partial charge in [-0.3, -0.25) is 0 Å². The first-order valence-corrected chi connectivity index (χ1v) is 7.71. The molecule has 1 saturated carbocycles. The van der Waals surface area contributed by atoms with Crippen molar-refractivity contribution >= 4 is 10.8 Å². The molecule has 21 heavy (non-hydrogen) atoms. The smallest absolute Gasteiger partial charge is 0.126 e. The van der Waals surface area contributed by atoms with Crippen LogP contribution in [-0.2, 0) is 11.3 Å². The Morgan fingerprint density at radius 3 is 2.57 bits per heavy atom. The zero-order chi connectivity index (χ0) is 14.7. The van der Waals surface area contributed by atoms with Gasteiger partial charge in [-0.25, -0.2) is 0 Å². The van der Waals surface area contributed by atoms with Crippen molar-refractivity contribution in [3.63, 3.8) is 0 Å². The highest BCUT2D eigenvalue weighted by Gasteiger charge is 2.28. The molecular formula is C18H23NO2. The second-order valence-electron chi connectivity index (χ2n) is 5.60. The van der Waals surface area contributed by atoms with Gasteiger partial charge in [-0.1, -0.05) is 30.3 Å². The predicted octanol–water partition coefficient (Wildman–Crippen LogP) is 3.51. The maximum absolute atomic E-state index is 5.60. The summed E-state index contributed by atoms with van der Waals surface area (Å²) in [6.07, 6.45) is 2.71. The minimum Gasteiger partial charge on any atom is -0.496 e. The molecule has 0 spiro atoms. The number of hydrogen-bond donors (Lipinski definition) is 1. The van der Waals surface area contributed by atoms with Crippen LogP contribution in [0.4, 0.5) is 0 Å². The third kappa shape index (κ3) is 3.04. The van der Waals surface area contributed by atoms with Crippen LogP contribution in [0, 0.1) is 0 Å². The van der Waals surface area contributed by atoms with Gasteiger partial charge in [-0.05, 0) is 36.8 Å². The summed E-state index contributed by atoms with van der Waals surface area (Å²) in [5.74, 6) is 0.939. The van der Waals surface area contributed by atoms with Crippen LogP contribution in [0.5, 0.6) is 5.75 Å². The number of ether oxygens (including phenoxy) is 2. The molecule has 112 valence electrons. The summed E-state index contributed by atoms with van der Waals surface area (Å²) in [6, 6.07) is 13.2. The zero-order valence-electron chi connectivity index (χ0n) is 12.8. The molecule has 0 radical (unpaired) electrons. The van der Waals surface area contributed by atoms with Gasteiger partial charge in [0.25, 0.3) is 0 Å². The van der Waals surface area contributed by atoms with Crippen molar-refractivity contribution < 1.29 is 9.47 Å². The molecule has 3 rings (SSSR count). The van der Waals surface area contributed by atoms with E-state index in [9.17, 15) is 0 Å². The minimum atomic E-state index is 0.458. The molecule has 1 aliphatic rings. The lowest BCUT2D eigenvalue weighted by atomic mass is 9.89. The van der Waals surface area contributed by atoms with Gasteiger partial charge >= 0.3 is 0 Å². The molecule has 1 N–H and O–H groups in total. The van der Waals surface area contributed by atoms with E-state index >= 15 is 0 Å². The molecule has 1 aliphatic carbocycles. The number of rotatable bonds is 6. The summed E-state index contributed by atoms with van der Waals surface area (Å²) < 4.78 is 11.0. The summed E-state index contributed by atoms with van der Waals surface area (Å²) in [7, 11) is 1.72. The fraction of sp³-hybridized carbons (Fsp3) is 0.444. The quantitative estimate of drug-likeness (QED) is 0.881. The van der Waals surface area contributed by atoms with Gasteiger partial charge in [-0.2, -0.15) is 0 Å². The van der Waals surface area contributed by atoms with Crippen molar-refractivity contribution in [1.29, 1.82) is 0 Å². The number of fused-ring (bicyclic) bond motifs is 1. The average molecular weight is 285 g/mol. The number of hydrogen-bond acceptors (Lipinski definition) is 3. The second kappa shape index (κ2) is 6.46. The zero-order valence-corrected chi connectivity index (χ0v) is 12.8. The van der Waals surface area contributed by atoms with Crippen LogP contribution < -0.4 is 10.1 Å². The van der Waals surface area contributed by atoms with Gasteiger partial charge in [0.15, 0.2) is 0 Å². The predicted molar refractivity (Wildman–Crippen MR) is 85.8 cm³/mol. The Hall–Kier alpha value is -1.58. The van der Waals surface area contributed by atoms with E-state index in [-0.39, 0.29) is 0 Å². The van der Waals surface area contributed by atoms with Gasteiger partial charge in [0.1, 0.15) is 5.75 Å². The van der Waals surface area contributed by atoms with E-state index in [1.807, 2.05) is 0 Å². The van der Waals surface area contributed by atoms with Crippen molar-refractivity contribution in [2.75, 3.05) is 13.7 Å². The van der Waals surface area contributed by atoms with E-state index in [0.29, 0.717) is 12.1 Å². The topological polar surface area (TPSA) is 30.5 Å². The first-order chi connectivity index (χ1) is 10.3.